The topological polar surface area (TPSA) is 67.6 Å². The summed E-state index contributed by atoms with van der Waals surface area (Å²) < 4.78 is 8.03. The van der Waals surface area contributed by atoms with Crippen molar-refractivity contribution in [2.45, 2.75) is 65.5 Å². The van der Waals surface area contributed by atoms with Gasteiger partial charge in [-0.05, 0) is 48.3 Å². The molecule has 1 amide bonds. The first kappa shape index (κ1) is 22.8. The lowest BCUT2D eigenvalue weighted by molar-refractivity contribution is 0.0883. The summed E-state index contributed by atoms with van der Waals surface area (Å²) in [6, 6.07) is 7.58. The number of piperidine rings is 1. The maximum absolute atomic E-state index is 11.2. The zero-order valence-electron chi connectivity index (χ0n) is 19.1. The fraction of sp³-hybridized carbons (Fsp3) is 0.652. The Morgan fingerprint density at radius 3 is 2.60 bits per heavy atom. The summed E-state index contributed by atoms with van der Waals surface area (Å²) in [6.45, 7) is 14.3. The molecule has 166 valence electrons. The standard InChI is InChI=1S/C23H37N3O3Si/c1-23(2,19-9-11-25(12-10-19)22(27)28)15-18-7-6-8-20-21(18)24-16-26(20)17-29-13-14-30(3,4)5/h6-8,16,19H,9-15,17H2,1-5H3,(H,27,28). The molecule has 0 atom stereocenters. The largest absolute Gasteiger partial charge is 0.465 e. The van der Waals surface area contributed by atoms with Crippen LogP contribution in [0.2, 0.25) is 25.7 Å². The molecule has 0 radical (unpaired) electrons. The van der Waals surface area contributed by atoms with Crippen molar-refractivity contribution < 1.29 is 14.6 Å². The van der Waals surface area contributed by atoms with E-state index in [1.54, 1.807) is 0 Å². The fourth-order valence-electron chi connectivity index (χ4n) is 4.42. The van der Waals surface area contributed by atoms with Crippen molar-refractivity contribution in [3.63, 3.8) is 0 Å². The number of nitrogens with zero attached hydrogens (tertiary/aromatic N) is 3. The van der Waals surface area contributed by atoms with E-state index in [0.717, 1.165) is 36.9 Å². The van der Waals surface area contributed by atoms with Gasteiger partial charge in [0.25, 0.3) is 0 Å². The average Bonchev–Trinajstić information content (AvgIpc) is 3.08. The number of benzene rings is 1. The van der Waals surface area contributed by atoms with E-state index in [4.69, 9.17) is 9.72 Å². The number of fused-ring (bicyclic) bond motifs is 1. The van der Waals surface area contributed by atoms with Gasteiger partial charge >= 0.3 is 6.09 Å². The summed E-state index contributed by atoms with van der Waals surface area (Å²) >= 11 is 0. The van der Waals surface area contributed by atoms with Crippen molar-refractivity contribution in [3.8, 4) is 0 Å². The van der Waals surface area contributed by atoms with E-state index >= 15 is 0 Å². The van der Waals surface area contributed by atoms with Gasteiger partial charge in [-0.1, -0.05) is 45.6 Å². The molecule has 1 aliphatic rings. The normalized spacial score (nSPS) is 16.4. The van der Waals surface area contributed by atoms with Gasteiger partial charge < -0.3 is 19.3 Å². The maximum atomic E-state index is 11.2. The number of amides is 1. The zero-order chi connectivity index (χ0) is 21.9. The molecule has 2 aromatic rings. The number of para-hydroxylation sites is 1. The van der Waals surface area contributed by atoms with Crippen molar-refractivity contribution in [1.82, 2.24) is 14.5 Å². The Kier molecular flexibility index (Phi) is 6.92. The minimum atomic E-state index is -1.08. The molecule has 1 N–H and O–H groups in total. The van der Waals surface area contributed by atoms with Crippen molar-refractivity contribution in [2.24, 2.45) is 11.3 Å². The molecule has 0 aliphatic carbocycles. The third kappa shape index (κ3) is 5.63. The van der Waals surface area contributed by atoms with Crippen LogP contribution in [-0.4, -0.2) is 53.4 Å². The van der Waals surface area contributed by atoms with Crippen molar-refractivity contribution in [2.75, 3.05) is 19.7 Å². The average molecular weight is 432 g/mol. The summed E-state index contributed by atoms with van der Waals surface area (Å²) in [7, 11) is -1.08. The summed E-state index contributed by atoms with van der Waals surface area (Å²) in [5, 5.41) is 9.21. The molecule has 7 heteroatoms. The number of carboxylic acid groups (broad SMARTS) is 1. The van der Waals surface area contributed by atoms with Gasteiger partial charge in [-0.3, -0.25) is 0 Å². The van der Waals surface area contributed by atoms with Gasteiger partial charge in [-0.25, -0.2) is 9.78 Å². The van der Waals surface area contributed by atoms with E-state index in [1.165, 1.54) is 16.5 Å². The fourth-order valence-corrected chi connectivity index (χ4v) is 5.18. The second kappa shape index (κ2) is 9.10. The minimum Gasteiger partial charge on any atom is -0.465 e. The molecule has 30 heavy (non-hydrogen) atoms. The van der Waals surface area contributed by atoms with Crippen LogP contribution in [0.3, 0.4) is 0 Å². The number of hydrogen-bond acceptors (Lipinski definition) is 3. The summed E-state index contributed by atoms with van der Waals surface area (Å²) in [5.74, 6) is 0.510. The van der Waals surface area contributed by atoms with Crippen molar-refractivity contribution in [3.05, 3.63) is 30.1 Å². The Labute approximate surface area is 181 Å². The molecule has 0 saturated carbocycles. The first-order chi connectivity index (χ1) is 14.1. The van der Waals surface area contributed by atoms with Crippen molar-refractivity contribution in [1.29, 1.82) is 0 Å². The summed E-state index contributed by atoms with van der Waals surface area (Å²) in [4.78, 5) is 17.5. The summed E-state index contributed by atoms with van der Waals surface area (Å²) in [5.41, 5.74) is 3.54. The van der Waals surface area contributed by atoms with E-state index in [9.17, 15) is 9.90 Å². The second-order valence-corrected chi connectivity index (χ2v) is 16.2. The van der Waals surface area contributed by atoms with Crippen LogP contribution < -0.4 is 0 Å². The number of rotatable bonds is 8. The zero-order valence-corrected chi connectivity index (χ0v) is 20.1. The minimum absolute atomic E-state index is 0.0937. The highest BCUT2D eigenvalue weighted by atomic mass is 28.3. The number of ether oxygens (including phenoxy) is 1. The molecule has 1 saturated heterocycles. The van der Waals surface area contributed by atoms with Gasteiger partial charge in [0, 0.05) is 27.8 Å². The third-order valence-electron chi connectivity index (χ3n) is 6.48. The molecule has 0 bridgehead atoms. The summed E-state index contributed by atoms with van der Waals surface area (Å²) in [6.07, 6.45) is 3.88. The van der Waals surface area contributed by atoms with E-state index in [1.807, 2.05) is 6.33 Å². The van der Waals surface area contributed by atoms with E-state index in [2.05, 4.69) is 56.3 Å². The van der Waals surface area contributed by atoms with Crippen LogP contribution in [-0.2, 0) is 17.9 Å². The molecule has 1 aromatic heterocycles. The lowest BCUT2D eigenvalue weighted by atomic mass is 9.70. The van der Waals surface area contributed by atoms with Crippen molar-refractivity contribution >= 4 is 25.2 Å². The van der Waals surface area contributed by atoms with Gasteiger partial charge in [0.2, 0.25) is 0 Å². The molecule has 2 heterocycles. The van der Waals surface area contributed by atoms with Crippen LogP contribution in [0.25, 0.3) is 11.0 Å². The highest BCUT2D eigenvalue weighted by Gasteiger charge is 2.34. The molecule has 0 spiro atoms. The van der Waals surface area contributed by atoms with Gasteiger partial charge in [0.15, 0.2) is 0 Å². The smallest absolute Gasteiger partial charge is 0.407 e. The van der Waals surface area contributed by atoms with Gasteiger partial charge in [-0.2, -0.15) is 0 Å². The third-order valence-corrected chi connectivity index (χ3v) is 8.18. The first-order valence-electron chi connectivity index (χ1n) is 11.1. The molecule has 3 rings (SSSR count). The number of hydrogen-bond donors (Lipinski definition) is 1. The molecule has 6 nitrogen and oxygen atoms in total. The van der Waals surface area contributed by atoms with Gasteiger partial charge in [-0.15, -0.1) is 0 Å². The number of imidazole rings is 1. The lowest BCUT2D eigenvalue weighted by Gasteiger charge is -2.40. The lowest BCUT2D eigenvalue weighted by Crippen LogP contribution is -2.42. The maximum Gasteiger partial charge on any atom is 0.407 e. The van der Waals surface area contributed by atoms with Crippen LogP contribution in [0.5, 0.6) is 0 Å². The van der Waals surface area contributed by atoms with Gasteiger partial charge in [0.1, 0.15) is 6.73 Å². The van der Waals surface area contributed by atoms with Crippen LogP contribution >= 0.6 is 0 Å². The number of aromatic nitrogens is 2. The van der Waals surface area contributed by atoms with Crippen LogP contribution in [0.15, 0.2) is 24.5 Å². The predicted molar refractivity (Wildman–Crippen MR) is 124 cm³/mol. The van der Waals surface area contributed by atoms with Crippen LogP contribution in [0.1, 0.15) is 32.3 Å². The van der Waals surface area contributed by atoms with Gasteiger partial charge in [0.05, 0.1) is 17.4 Å². The highest BCUT2D eigenvalue weighted by Crippen LogP contribution is 2.39. The molecular formula is C23H37N3O3Si. The Morgan fingerprint density at radius 1 is 1.27 bits per heavy atom. The first-order valence-corrected chi connectivity index (χ1v) is 14.8. The number of carbonyl (C=O) groups is 1. The second-order valence-electron chi connectivity index (χ2n) is 10.6. The van der Waals surface area contributed by atoms with E-state index in [0.29, 0.717) is 25.7 Å². The quantitative estimate of drug-likeness (QED) is 0.454. The Bertz CT molecular complexity index is 864. The highest BCUT2D eigenvalue weighted by molar-refractivity contribution is 6.76. The van der Waals surface area contributed by atoms with Crippen LogP contribution in [0.4, 0.5) is 4.79 Å². The number of likely N-dealkylation sites (tertiary alicyclic amines) is 1. The molecule has 1 fully saturated rings. The molecule has 1 aliphatic heterocycles. The Balaban J connectivity index is 1.66. The molecular weight excluding hydrogens is 394 g/mol. The Morgan fingerprint density at radius 2 is 1.97 bits per heavy atom. The Hall–Kier alpha value is -1.86. The van der Waals surface area contributed by atoms with E-state index in [-0.39, 0.29) is 5.41 Å². The predicted octanol–water partition coefficient (Wildman–Crippen LogP) is 5.31. The van der Waals surface area contributed by atoms with E-state index < -0.39 is 14.2 Å². The molecule has 0 unspecified atom stereocenters. The monoisotopic (exact) mass is 431 g/mol. The van der Waals surface area contributed by atoms with Crippen LogP contribution in [0, 0.1) is 11.3 Å². The SMILES string of the molecule is CC(C)(Cc1cccc2c1ncn2COCC[Si](C)(C)C)C1CCN(C(=O)O)CC1. The molecule has 1 aromatic carbocycles.